The molecule has 2 heteroatoms. The summed E-state index contributed by atoms with van der Waals surface area (Å²) in [6.45, 7) is -3.13. The normalized spacial score (nSPS) is 24.2. The largest absolute Gasteiger partial charge is 0.329 e. The lowest BCUT2D eigenvalue weighted by Gasteiger charge is -1.93. The number of aromatic amines is 1. The Balaban J connectivity index is 3.33. The summed E-state index contributed by atoms with van der Waals surface area (Å²) in [6, 6.07) is 1.99. The molecule has 0 saturated carbocycles. The van der Waals surface area contributed by atoms with Crippen molar-refractivity contribution in [3.05, 3.63) is 34.2 Å². The molecule has 1 heterocycles. The van der Waals surface area contributed by atoms with E-state index in [0.717, 1.165) is 18.3 Å². The second kappa shape index (κ2) is 3.20. The molecule has 1 aromatic rings. The summed E-state index contributed by atoms with van der Waals surface area (Å²) in [7, 11) is 0. The van der Waals surface area contributed by atoms with Gasteiger partial charge in [0.2, 0.25) is 5.56 Å². The maximum Gasteiger partial charge on any atom is 0.248 e. The van der Waals surface area contributed by atoms with E-state index in [2.05, 4.69) is 4.98 Å². The first-order chi connectivity index (χ1) is 7.50. The maximum absolute atomic E-state index is 11.0. The lowest BCUT2D eigenvalue weighted by atomic mass is 10.2. The number of hydrogen-bond donors (Lipinski definition) is 1. The van der Waals surface area contributed by atoms with Gasteiger partial charge in [0.05, 0.1) is 0 Å². The van der Waals surface area contributed by atoms with Gasteiger partial charge in [0.25, 0.3) is 0 Å². The predicted molar refractivity (Wildman–Crippen MR) is 41.1 cm³/mol. The molecule has 0 amide bonds. The van der Waals surface area contributed by atoms with Crippen LogP contribution in [0.5, 0.6) is 0 Å². The Kier molecular flexibility index (Phi) is 0.712. The predicted octanol–water partition coefficient (Wildman–Crippen LogP) is 1.33. The van der Waals surface area contributed by atoms with Crippen LogP contribution in [0.25, 0.3) is 0 Å². The summed E-state index contributed by atoms with van der Waals surface area (Å²) in [4.78, 5) is 13.3. The van der Waals surface area contributed by atoms with Crippen LogP contribution in [0, 0.1) is 0 Å². The molecule has 1 N–H and O–H groups in total. The summed E-state index contributed by atoms with van der Waals surface area (Å²) in [5, 5.41) is 0. The van der Waals surface area contributed by atoms with Crippen LogP contribution >= 0.6 is 0 Å². The number of pyridine rings is 1. The lowest BCUT2D eigenvalue weighted by molar-refractivity contribution is 0.915. The Morgan fingerprint density at radius 1 is 1.90 bits per heavy atom. The van der Waals surface area contributed by atoms with E-state index >= 15 is 0 Å². The van der Waals surface area contributed by atoms with Crippen LogP contribution in [0.3, 0.4) is 0 Å². The standard InChI is InChI=1S/C8H11NO/c1-2-3-7-4-5-9-8(10)6-7/h4-6H,2-3H2,1H3,(H,9,10)/i1D3,2D2,3D2. The minimum atomic E-state index is -3.13. The topological polar surface area (TPSA) is 32.9 Å². The molecule has 0 aliphatic carbocycles. The number of aromatic nitrogens is 1. The molecule has 0 aromatic carbocycles. The van der Waals surface area contributed by atoms with Crippen LogP contribution in [0.2, 0.25) is 0 Å². The molecule has 0 fully saturated rings. The summed E-state index contributed by atoms with van der Waals surface area (Å²) >= 11 is 0. The van der Waals surface area contributed by atoms with Gasteiger partial charge in [-0.25, -0.2) is 0 Å². The van der Waals surface area contributed by atoms with E-state index in [4.69, 9.17) is 9.60 Å². The van der Waals surface area contributed by atoms with Crippen LogP contribution in [0.15, 0.2) is 23.1 Å². The third-order valence-corrected chi connectivity index (χ3v) is 0.982. The molecule has 1 aromatic heterocycles. The van der Waals surface area contributed by atoms with Gasteiger partial charge < -0.3 is 4.98 Å². The summed E-state index contributed by atoms with van der Waals surface area (Å²) in [5.74, 6) is 0. The molecule has 1 rings (SSSR count). The van der Waals surface area contributed by atoms with E-state index in [1.807, 2.05) is 0 Å². The van der Waals surface area contributed by atoms with Crippen LogP contribution in [-0.2, 0) is 6.37 Å². The zero-order valence-electron chi connectivity index (χ0n) is 12.1. The fraction of sp³-hybridized carbons (Fsp3) is 0.375. The van der Waals surface area contributed by atoms with E-state index in [0.29, 0.717) is 0 Å². The van der Waals surface area contributed by atoms with E-state index in [-0.39, 0.29) is 5.56 Å². The second-order valence-electron chi connectivity index (χ2n) is 1.69. The number of rotatable bonds is 2. The third kappa shape index (κ3) is 1.72. The molecule has 0 aliphatic heterocycles. The average Bonchev–Trinajstić information content (AvgIpc) is 2.15. The average molecular weight is 144 g/mol. The molecule has 2 nitrogen and oxygen atoms in total. The number of aryl methyl sites for hydroxylation is 1. The van der Waals surface area contributed by atoms with Gasteiger partial charge in [-0.15, -0.1) is 0 Å². The Morgan fingerprint density at radius 2 is 2.80 bits per heavy atom. The Bertz CT molecular complexity index is 461. The van der Waals surface area contributed by atoms with Crippen molar-refractivity contribution in [3.8, 4) is 0 Å². The molecule has 54 valence electrons. The van der Waals surface area contributed by atoms with Crippen molar-refractivity contribution in [2.75, 3.05) is 0 Å². The maximum atomic E-state index is 11.0. The van der Waals surface area contributed by atoms with Gasteiger partial charge in [-0.05, 0) is 18.0 Å². The zero-order chi connectivity index (χ0) is 13.5. The molecule has 0 bridgehead atoms. The second-order valence-corrected chi connectivity index (χ2v) is 1.69. The molecule has 0 radical (unpaired) electrons. The van der Waals surface area contributed by atoms with Crippen molar-refractivity contribution in [2.24, 2.45) is 0 Å². The molecular weight excluding hydrogens is 126 g/mol. The van der Waals surface area contributed by atoms with Crippen molar-refractivity contribution in [1.29, 1.82) is 0 Å². The van der Waals surface area contributed by atoms with Crippen molar-refractivity contribution >= 4 is 0 Å². The molecule has 0 unspecified atom stereocenters. The fourth-order valence-electron chi connectivity index (χ4n) is 0.595. The van der Waals surface area contributed by atoms with Crippen molar-refractivity contribution < 1.29 is 9.60 Å². The number of nitrogens with one attached hydrogen (secondary N) is 1. The smallest absolute Gasteiger partial charge is 0.248 e. The molecule has 0 aliphatic rings. The van der Waals surface area contributed by atoms with Gasteiger partial charge in [-0.1, -0.05) is 13.2 Å². The molecule has 0 atom stereocenters. The van der Waals surface area contributed by atoms with Gasteiger partial charge in [0, 0.05) is 21.9 Å². The Morgan fingerprint density at radius 3 is 3.50 bits per heavy atom. The summed E-state index contributed by atoms with van der Waals surface area (Å²) in [6.07, 6.45) is -4.73. The molecule has 0 spiro atoms. The highest BCUT2D eigenvalue weighted by Gasteiger charge is 1.89. The first-order valence-electron chi connectivity index (χ1n) is 6.19. The van der Waals surface area contributed by atoms with Crippen LogP contribution in [0.4, 0.5) is 0 Å². The van der Waals surface area contributed by atoms with Gasteiger partial charge in [0.1, 0.15) is 0 Å². The van der Waals surface area contributed by atoms with E-state index in [9.17, 15) is 4.79 Å². The van der Waals surface area contributed by atoms with Crippen LogP contribution in [-0.4, -0.2) is 4.98 Å². The minimum absolute atomic E-state index is 0.303. The molecule has 10 heavy (non-hydrogen) atoms. The highest BCUT2D eigenvalue weighted by molar-refractivity contribution is 5.09. The van der Waals surface area contributed by atoms with E-state index < -0.39 is 25.2 Å². The Labute approximate surface area is 69.7 Å². The SMILES string of the molecule is [2H]C([2H])([2H])C([2H])([2H])C([2H])([2H])c1cc[nH]c(=O)c1. The van der Waals surface area contributed by atoms with Gasteiger partial charge in [0.15, 0.2) is 0 Å². The zero-order valence-corrected chi connectivity index (χ0v) is 5.14. The van der Waals surface area contributed by atoms with Crippen LogP contribution in [0.1, 0.15) is 28.4 Å². The quantitative estimate of drug-likeness (QED) is 0.667. The lowest BCUT2D eigenvalue weighted by Crippen LogP contribution is -2.03. The fourth-order valence-corrected chi connectivity index (χ4v) is 0.595. The van der Waals surface area contributed by atoms with Gasteiger partial charge in [-0.2, -0.15) is 0 Å². The van der Waals surface area contributed by atoms with Gasteiger partial charge >= 0.3 is 0 Å². The summed E-state index contributed by atoms with van der Waals surface area (Å²) < 4.78 is 51.1. The summed E-state index contributed by atoms with van der Waals surface area (Å²) in [5.41, 5.74) is -0.921. The first-order valence-corrected chi connectivity index (χ1v) is 2.69. The monoisotopic (exact) mass is 144 g/mol. The van der Waals surface area contributed by atoms with Crippen molar-refractivity contribution in [1.82, 2.24) is 4.98 Å². The Hall–Kier alpha value is -1.05. The van der Waals surface area contributed by atoms with Crippen LogP contribution < -0.4 is 5.56 Å². The first kappa shape index (κ1) is 2.22. The molecule has 0 saturated heterocycles. The molecular formula is C8H11NO. The van der Waals surface area contributed by atoms with E-state index in [1.54, 1.807) is 0 Å². The van der Waals surface area contributed by atoms with Crippen molar-refractivity contribution in [2.45, 2.75) is 19.6 Å². The van der Waals surface area contributed by atoms with Gasteiger partial charge in [-0.3, -0.25) is 4.79 Å². The highest BCUT2D eigenvalue weighted by Crippen LogP contribution is 1.96. The number of hydrogen-bond acceptors (Lipinski definition) is 1. The number of H-pyrrole nitrogens is 1. The minimum Gasteiger partial charge on any atom is -0.329 e. The highest BCUT2D eigenvalue weighted by atomic mass is 16.1. The van der Waals surface area contributed by atoms with E-state index in [1.165, 1.54) is 0 Å². The third-order valence-electron chi connectivity index (χ3n) is 0.982. The van der Waals surface area contributed by atoms with Crippen molar-refractivity contribution in [3.63, 3.8) is 0 Å².